The average molecular weight is 260 g/mol. The summed E-state index contributed by atoms with van der Waals surface area (Å²) in [5, 5.41) is 0.330. The first-order chi connectivity index (χ1) is 7.57. The normalized spacial score (nSPS) is 18.6. The van der Waals surface area contributed by atoms with E-state index in [2.05, 4.69) is 0 Å². The van der Waals surface area contributed by atoms with Gasteiger partial charge in [0.25, 0.3) is 0 Å². The first-order valence-electron chi connectivity index (χ1n) is 5.35. The van der Waals surface area contributed by atoms with Crippen LogP contribution in [0, 0.1) is 0 Å². The lowest BCUT2D eigenvalue weighted by Gasteiger charge is -2.13. The minimum Gasteiger partial charge on any atom is -0.207 e. The lowest BCUT2D eigenvalue weighted by molar-refractivity contribution is 0.415. The second-order valence-corrected chi connectivity index (χ2v) is 6.20. The van der Waals surface area contributed by atoms with E-state index in [1.54, 1.807) is 12.1 Å². The van der Waals surface area contributed by atoms with E-state index in [0.717, 1.165) is 18.4 Å². The summed E-state index contributed by atoms with van der Waals surface area (Å²) in [5.74, 6) is 0. The summed E-state index contributed by atoms with van der Waals surface area (Å²) in [4.78, 5) is 0.299. The van der Waals surface area contributed by atoms with Crippen molar-refractivity contribution in [3.05, 3.63) is 28.8 Å². The van der Waals surface area contributed by atoms with Gasteiger partial charge in [-0.05, 0) is 18.1 Å². The number of halogens is 1. The molecule has 0 spiro atoms. The molecule has 2 rings (SSSR count). The van der Waals surface area contributed by atoms with E-state index in [4.69, 9.17) is 11.6 Å². The second-order valence-electron chi connectivity index (χ2n) is 3.92. The molecule has 1 aromatic rings. The molecule has 0 bridgehead atoms. The molecule has 0 atom stereocenters. The van der Waals surface area contributed by atoms with Gasteiger partial charge in [0.05, 0.1) is 5.02 Å². The van der Waals surface area contributed by atoms with Crippen molar-refractivity contribution in [2.45, 2.75) is 31.2 Å². The van der Waals surface area contributed by atoms with Crippen LogP contribution in [0.4, 0.5) is 0 Å². The van der Waals surface area contributed by atoms with Crippen LogP contribution in [0.3, 0.4) is 0 Å². The van der Waals surface area contributed by atoms with Crippen molar-refractivity contribution in [3.8, 4) is 0 Å². The van der Waals surface area contributed by atoms with Crippen LogP contribution in [-0.2, 0) is 16.6 Å². The number of hydrogen-bond donors (Lipinski definition) is 0. The smallest absolute Gasteiger partial charge is 0.207 e. The maximum absolute atomic E-state index is 12.2. The standard InChI is InChI=1S/C11H14ClNO2S/c1-2-3-7-13-8-9-5-4-6-10(12)11(9)16(13,14)15/h4-6H,2-3,7-8H2,1H3. The Kier molecular flexibility index (Phi) is 3.24. The lowest BCUT2D eigenvalue weighted by Crippen LogP contribution is -2.25. The summed E-state index contributed by atoms with van der Waals surface area (Å²) >= 11 is 5.95. The van der Waals surface area contributed by atoms with Gasteiger partial charge in [0.1, 0.15) is 4.90 Å². The van der Waals surface area contributed by atoms with Crippen LogP contribution < -0.4 is 0 Å². The molecule has 0 N–H and O–H groups in total. The van der Waals surface area contributed by atoms with E-state index in [0.29, 0.717) is 23.0 Å². The van der Waals surface area contributed by atoms with Crippen LogP contribution >= 0.6 is 11.6 Å². The van der Waals surface area contributed by atoms with E-state index in [1.807, 2.05) is 13.0 Å². The summed E-state index contributed by atoms with van der Waals surface area (Å²) in [5.41, 5.74) is 0.809. The van der Waals surface area contributed by atoms with Crippen LogP contribution in [0.25, 0.3) is 0 Å². The maximum Gasteiger partial charge on any atom is 0.245 e. The average Bonchev–Trinajstić information content (AvgIpc) is 2.48. The summed E-state index contributed by atoms with van der Waals surface area (Å²) in [6.07, 6.45) is 1.86. The largest absolute Gasteiger partial charge is 0.245 e. The zero-order valence-corrected chi connectivity index (χ0v) is 10.7. The zero-order chi connectivity index (χ0) is 11.8. The first-order valence-corrected chi connectivity index (χ1v) is 7.16. The number of unbranched alkanes of at least 4 members (excludes halogenated alkanes) is 1. The fraction of sp³-hybridized carbons (Fsp3) is 0.455. The predicted octanol–water partition coefficient (Wildman–Crippen LogP) is 2.64. The molecule has 1 heterocycles. The quantitative estimate of drug-likeness (QED) is 0.837. The van der Waals surface area contributed by atoms with Gasteiger partial charge in [-0.25, -0.2) is 8.42 Å². The Morgan fingerprint density at radius 1 is 1.44 bits per heavy atom. The molecule has 0 radical (unpaired) electrons. The van der Waals surface area contributed by atoms with E-state index in [1.165, 1.54) is 4.31 Å². The third kappa shape index (κ3) is 1.85. The maximum atomic E-state index is 12.2. The Labute approximate surface area is 101 Å². The van der Waals surface area contributed by atoms with Crippen LogP contribution in [0.15, 0.2) is 23.1 Å². The Morgan fingerprint density at radius 2 is 2.19 bits per heavy atom. The van der Waals surface area contributed by atoms with Gasteiger partial charge in [0.2, 0.25) is 10.0 Å². The number of rotatable bonds is 3. The highest BCUT2D eigenvalue weighted by Crippen LogP contribution is 2.35. The van der Waals surface area contributed by atoms with E-state index < -0.39 is 10.0 Å². The summed E-state index contributed by atoms with van der Waals surface area (Å²) in [6, 6.07) is 5.24. The predicted molar refractivity (Wildman–Crippen MR) is 64.0 cm³/mol. The number of nitrogens with zero attached hydrogens (tertiary/aromatic N) is 1. The van der Waals surface area contributed by atoms with Gasteiger partial charge in [-0.15, -0.1) is 0 Å². The third-order valence-corrected chi connectivity index (χ3v) is 5.17. The Bertz CT molecular complexity index is 499. The molecular formula is C11H14ClNO2S. The Hall–Kier alpha value is -0.580. The van der Waals surface area contributed by atoms with Gasteiger partial charge in [-0.2, -0.15) is 4.31 Å². The molecule has 5 heteroatoms. The first kappa shape index (κ1) is 11.9. The fourth-order valence-corrected chi connectivity index (χ4v) is 4.11. The summed E-state index contributed by atoms with van der Waals surface area (Å²) in [7, 11) is -3.35. The van der Waals surface area contributed by atoms with E-state index in [9.17, 15) is 8.42 Å². The number of benzene rings is 1. The third-order valence-electron chi connectivity index (χ3n) is 2.75. The lowest BCUT2D eigenvalue weighted by atomic mass is 10.2. The summed E-state index contributed by atoms with van der Waals surface area (Å²) < 4.78 is 25.8. The molecule has 0 fully saturated rings. The number of sulfonamides is 1. The topological polar surface area (TPSA) is 37.4 Å². The Balaban J connectivity index is 2.39. The molecule has 1 aliphatic heterocycles. The molecule has 0 aromatic heterocycles. The highest BCUT2D eigenvalue weighted by atomic mass is 35.5. The highest BCUT2D eigenvalue weighted by molar-refractivity contribution is 7.89. The molecule has 0 saturated heterocycles. The molecule has 0 saturated carbocycles. The van der Waals surface area contributed by atoms with Crippen molar-refractivity contribution in [1.82, 2.24) is 4.31 Å². The van der Waals surface area contributed by atoms with Crippen molar-refractivity contribution < 1.29 is 8.42 Å². The highest BCUT2D eigenvalue weighted by Gasteiger charge is 2.35. The van der Waals surface area contributed by atoms with Gasteiger partial charge in [-0.1, -0.05) is 37.1 Å². The molecule has 1 aliphatic rings. The molecule has 16 heavy (non-hydrogen) atoms. The van der Waals surface area contributed by atoms with Gasteiger partial charge >= 0.3 is 0 Å². The molecule has 1 aromatic carbocycles. The van der Waals surface area contributed by atoms with Crippen molar-refractivity contribution >= 4 is 21.6 Å². The van der Waals surface area contributed by atoms with Gasteiger partial charge in [0, 0.05) is 13.1 Å². The molecule has 0 unspecified atom stereocenters. The minimum atomic E-state index is -3.35. The van der Waals surface area contributed by atoms with Crippen molar-refractivity contribution in [3.63, 3.8) is 0 Å². The monoisotopic (exact) mass is 259 g/mol. The van der Waals surface area contributed by atoms with Gasteiger partial charge in [0.15, 0.2) is 0 Å². The second kappa shape index (κ2) is 4.35. The van der Waals surface area contributed by atoms with Gasteiger partial charge < -0.3 is 0 Å². The minimum absolute atomic E-state index is 0.299. The summed E-state index contributed by atoms with van der Waals surface area (Å²) in [6.45, 7) is 3.07. The molecule has 0 aliphatic carbocycles. The van der Waals surface area contributed by atoms with Crippen molar-refractivity contribution in [2.24, 2.45) is 0 Å². The van der Waals surface area contributed by atoms with Crippen molar-refractivity contribution in [2.75, 3.05) is 6.54 Å². The molecule has 88 valence electrons. The molecule has 0 amide bonds. The SMILES string of the molecule is CCCCN1Cc2cccc(Cl)c2S1(=O)=O. The van der Waals surface area contributed by atoms with Crippen LogP contribution in [-0.4, -0.2) is 19.3 Å². The van der Waals surface area contributed by atoms with Crippen LogP contribution in [0.5, 0.6) is 0 Å². The molecular weight excluding hydrogens is 246 g/mol. The molecule has 3 nitrogen and oxygen atoms in total. The van der Waals surface area contributed by atoms with E-state index >= 15 is 0 Å². The van der Waals surface area contributed by atoms with Gasteiger partial charge in [-0.3, -0.25) is 0 Å². The van der Waals surface area contributed by atoms with Crippen molar-refractivity contribution in [1.29, 1.82) is 0 Å². The Morgan fingerprint density at radius 3 is 2.81 bits per heavy atom. The zero-order valence-electron chi connectivity index (χ0n) is 9.11. The van der Waals surface area contributed by atoms with E-state index in [-0.39, 0.29) is 0 Å². The van der Waals surface area contributed by atoms with Crippen LogP contribution in [0.2, 0.25) is 5.02 Å². The fourth-order valence-electron chi connectivity index (χ4n) is 1.90. The number of hydrogen-bond acceptors (Lipinski definition) is 2. The number of fused-ring (bicyclic) bond motifs is 1. The van der Waals surface area contributed by atoms with Crippen LogP contribution in [0.1, 0.15) is 25.3 Å².